The molecule has 0 radical (unpaired) electrons. The third-order valence-corrected chi connectivity index (χ3v) is 14.6. The van der Waals surface area contributed by atoms with Gasteiger partial charge in [0.2, 0.25) is 0 Å². The van der Waals surface area contributed by atoms with Crippen LogP contribution in [0, 0.1) is 13.8 Å². The van der Waals surface area contributed by atoms with Crippen molar-refractivity contribution in [3.8, 4) is 23.0 Å². The smallest absolute Gasteiger partial charge is 0.255 e. The summed E-state index contributed by atoms with van der Waals surface area (Å²) in [7, 11) is 8.71. The number of nitrogens with one attached hydrogen (secondary N) is 2. The van der Waals surface area contributed by atoms with Gasteiger partial charge in [0.25, 0.3) is 23.4 Å². The number of amides is 2. The summed E-state index contributed by atoms with van der Waals surface area (Å²) in [5.41, 5.74) is 4.64. The molecule has 4 heterocycles. The molecule has 2 aromatic heterocycles. The number of aryl methyl sites for hydroxylation is 2. The number of nitrogens with zero attached hydrogens (tertiary/aromatic N) is 4. The average Bonchev–Trinajstić information content (AvgIpc) is 4.28. The van der Waals surface area contributed by atoms with Crippen molar-refractivity contribution < 1.29 is 49.0 Å². The van der Waals surface area contributed by atoms with Gasteiger partial charge in [0.1, 0.15) is 29.6 Å². The van der Waals surface area contributed by atoms with Gasteiger partial charge in [0, 0.05) is 78.2 Å². The van der Waals surface area contributed by atoms with Crippen molar-refractivity contribution in [1.29, 1.82) is 0 Å². The van der Waals surface area contributed by atoms with Crippen LogP contribution >= 0.6 is 0 Å². The summed E-state index contributed by atoms with van der Waals surface area (Å²) in [4.78, 5) is 40.0. The highest BCUT2D eigenvalue weighted by molar-refractivity contribution is 5.99. The van der Waals surface area contributed by atoms with Gasteiger partial charge in [-0.1, -0.05) is 62.4 Å². The van der Waals surface area contributed by atoms with Crippen LogP contribution in [0.25, 0.3) is 21.8 Å². The van der Waals surface area contributed by atoms with Crippen LogP contribution in [0.4, 0.5) is 0 Å². The topological polar surface area (TPSA) is 208 Å². The molecule has 1 atom stereocenters. The lowest BCUT2D eigenvalue weighted by atomic mass is 9.95. The second-order valence-electron chi connectivity index (χ2n) is 19.4. The molecule has 2 fully saturated rings. The van der Waals surface area contributed by atoms with Gasteiger partial charge >= 0.3 is 0 Å². The van der Waals surface area contributed by atoms with Crippen molar-refractivity contribution >= 4 is 33.6 Å². The number of hydrogen-bond donors (Lipinski definition) is 6. The number of aliphatic hydroxyl groups is 4. The molecule has 7 aromatic rings. The van der Waals surface area contributed by atoms with Gasteiger partial charge in [-0.05, 0) is 129 Å². The van der Waals surface area contributed by atoms with E-state index in [1.807, 2.05) is 57.2 Å². The van der Waals surface area contributed by atoms with Crippen molar-refractivity contribution in [3.05, 3.63) is 178 Å². The van der Waals surface area contributed by atoms with E-state index in [1.165, 1.54) is 43.7 Å². The molecule has 2 aliphatic heterocycles. The van der Waals surface area contributed by atoms with Crippen molar-refractivity contribution in [2.24, 2.45) is 0 Å². The summed E-state index contributed by atoms with van der Waals surface area (Å²) >= 11 is 0. The first-order chi connectivity index (χ1) is 36.4. The molecule has 0 saturated heterocycles. The Morgan fingerprint density at radius 3 is 1.66 bits per heavy atom. The molecule has 2 amide bonds. The molecule has 2 saturated carbocycles. The number of pyridine rings is 2. The van der Waals surface area contributed by atoms with Gasteiger partial charge in [-0.3, -0.25) is 24.5 Å². The van der Waals surface area contributed by atoms with E-state index in [0.29, 0.717) is 40.1 Å². The van der Waals surface area contributed by atoms with Crippen LogP contribution in [0.2, 0.25) is 0 Å². The van der Waals surface area contributed by atoms with Gasteiger partial charge in [0.05, 0.1) is 37.9 Å². The molecular formula is C60H68N6O10. The second kappa shape index (κ2) is 22.3. The number of carbonyl (C=O) groups excluding carboxylic acids is 2. The minimum absolute atomic E-state index is 0.0267. The van der Waals surface area contributed by atoms with E-state index < -0.39 is 28.6 Å². The van der Waals surface area contributed by atoms with Crippen LogP contribution in [-0.2, 0) is 24.0 Å². The predicted molar refractivity (Wildman–Crippen MR) is 291 cm³/mol. The fraction of sp³-hybridized carbons (Fsp3) is 0.333. The van der Waals surface area contributed by atoms with Gasteiger partial charge in [-0.15, -0.1) is 0 Å². The van der Waals surface area contributed by atoms with Crippen LogP contribution in [0.1, 0.15) is 80.8 Å². The number of carbonyl (C=O) groups is 2. The SMILES string of the molecule is CC.CN1C=CC1.COc1cc(C2(NC(=O)c3cc(OCC4Cc5ccccc5CN4C)ccc3C)CC2)c2cccnc2c1.COc1ccc(C)c(C(=O)NC2(c3cc(OC)cc4ncccc34)C(O)(O)C2(O)O)c1. The molecular weight excluding hydrogens is 965 g/mol. The number of hydrogen-bond acceptors (Lipinski definition) is 14. The van der Waals surface area contributed by atoms with E-state index in [4.69, 9.17) is 18.9 Å². The molecule has 398 valence electrons. The Morgan fingerprint density at radius 1 is 0.645 bits per heavy atom. The minimum atomic E-state index is -3.09. The summed E-state index contributed by atoms with van der Waals surface area (Å²) in [6, 6.07) is 33.7. The maximum absolute atomic E-state index is 13.6. The molecule has 2 aliphatic carbocycles. The number of rotatable bonds is 12. The molecule has 4 aliphatic rings. The highest BCUT2D eigenvalue weighted by Crippen LogP contribution is 2.63. The Hall–Kier alpha value is -7.60. The molecule has 6 N–H and O–H groups in total. The standard InChI is InChI=1S/C32H33N3O3.C22H22N2O7.C4H7N.C2H6/c1-21-10-11-25(38-20-24-15-22-7-4-5-8-23(22)19-35(24)2)16-28(21)31(36)34-32(12-13-32)29-17-26(37-3)18-30-27(29)9-6-14-33-30;1-12-6-7-13(30-2)9-16(12)19(25)24-20(21(26,27)22(20,28)29)17-10-14(31-3)11-18-15(17)5-4-8-23-18;1-5-3-2-4-5;1-2/h4-11,14,16-18,24H,12-13,15,19-20H2,1-3H3,(H,34,36);4-11,26-29H,1-3H3,(H,24,25);2-3H,4H2,1H3;1-2H3. The lowest BCUT2D eigenvalue weighted by Gasteiger charge is -2.33. The number of ether oxygens (including phenoxy) is 4. The Bertz CT molecular complexity index is 3270. The normalized spacial score (nSPS) is 17.6. The van der Waals surface area contributed by atoms with Crippen LogP contribution in [0.5, 0.6) is 23.0 Å². The Morgan fingerprint density at radius 2 is 1.14 bits per heavy atom. The molecule has 16 nitrogen and oxygen atoms in total. The first-order valence-electron chi connectivity index (χ1n) is 25.4. The summed E-state index contributed by atoms with van der Waals surface area (Å²) in [5.74, 6) is -4.86. The second-order valence-corrected chi connectivity index (χ2v) is 19.4. The van der Waals surface area contributed by atoms with E-state index in [0.717, 1.165) is 60.1 Å². The van der Waals surface area contributed by atoms with Gasteiger partial charge in [0.15, 0.2) is 5.54 Å². The lowest BCUT2D eigenvalue weighted by Crippen LogP contribution is -2.44. The zero-order chi connectivity index (χ0) is 54.6. The van der Waals surface area contributed by atoms with Crippen molar-refractivity contribution in [3.63, 3.8) is 0 Å². The van der Waals surface area contributed by atoms with E-state index in [9.17, 15) is 30.0 Å². The van der Waals surface area contributed by atoms with Crippen LogP contribution in [0.3, 0.4) is 0 Å². The fourth-order valence-corrected chi connectivity index (χ4v) is 9.80. The number of aromatic nitrogens is 2. The minimum Gasteiger partial charge on any atom is -0.497 e. The average molecular weight is 1030 g/mol. The van der Waals surface area contributed by atoms with E-state index in [2.05, 4.69) is 87.1 Å². The maximum atomic E-state index is 13.6. The largest absolute Gasteiger partial charge is 0.497 e. The summed E-state index contributed by atoms with van der Waals surface area (Å²) in [6.45, 7) is 10.3. The van der Waals surface area contributed by atoms with E-state index in [-0.39, 0.29) is 28.8 Å². The molecule has 0 spiro atoms. The monoisotopic (exact) mass is 1030 g/mol. The van der Waals surface area contributed by atoms with Gasteiger partial charge in [-0.2, -0.15) is 0 Å². The summed E-state index contributed by atoms with van der Waals surface area (Å²) in [5, 5.41) is 49.5. The maximum Gasteiger partial charge on any atom is 0.255 e. The van der Waals surface area contributed by atoms with Crippen LogP contribution in [-0.4, -0.2) is 118 Å². The van der Waals surface area contributed by atoms with Crippen molar-refractivity contribution in [1.82, 2.24) is 30.4 Å². The third-order valence-electron chi connectivity index (χ3n) is 14.6. The highest BCUT2D eigenvalue weighted by atomic mass is 16.6. The summed E-state index contributed by atoms with van der Waals surface area (Å²) < 4.78 is 22.2. The fourth-order valence-electron chi connectivity index (χ4n) is 9.80. The van der Waals surface area contributed by atoms with Crippen LogP contribution in [0.15, 0.2) is 134 Å². The van der Waals surface area contributed by atoms with E-state index in [1.54, 1.807) is 50.6 Å². The molecule has 16 heteroatoms. The van der Waals surface area contributed by atoms with E-state index >= 15 is 0 Å². The quantitative estimate of drug-likeness (QED) is 0.0658. The molecule has 11 rings (SSSR count). The number of methoxy groups -OCH3 is 3. The van der Waals surface area contributed by atoms with Crippen molar-refractivity contribution in [2.45, 2.75) is 82.2 Å². The first-order valence-corrected chi connectivity index (χ1v) is 25.4. The molecule has 76 heavy (non-hydrogen) atoms. The Labute approximate surface area is 443 Å². The highest BCUT2D eigenvalue weighted by Gasteiger charge is 2.91. The van der Waals surface area contributed by atoms with Crippen LogP contribution < -0.4 is 29.6 Å². The first kappa shape index (κ1) is 54.7. The number of likely N-dealkylation sites (N-methyl/N-ethyl adjacent to an activating group) is 2. The molecule has 0 bridgehead atoms. The lowest BCUT2D eigenvalue weighted by molar-refractivity contribution is -0.207. The zero-order valence-electron chi connectivity index (χ0n) is 44.5. The predicted octanol–water partition coefficient (Wildman–Crippen LogP) is 7.44. The zero-order valence-corrected chi connectivity index (χ0v) is 44.5. The molecule has 5 aromatic carbocycles. The third kappa shape index (κ3) is 10.5. The van der Waals surface area contributed by atoms with Gasteiger partial charge < -0.3 is 54.9 Å². The summed E-state index contributed by atoms with van der Waals surface area (Å²) in [6.07, 6.45) is 10.2. The molecule has 1 unspecified atom stereocenters. The number of fused-ring (bicyclic) bond motifs is 3. The Kier molecular flexibility index (Phi) is 16.0. The Balaban J connectivity index is 0.000000182. The number of benzene rings is 5. The van der Waals surface area contributed by atoms with Gasteiger partial charge in [-0.25, -0.2) is 0 Å². The van der Waals surface area contributed by atoms with Crippen molar-refractivity contribution in [2.75, 3.05) is 48.6 Å².